The van der Waals surface area contributed by atoms with Gasteiger partial charge in [-0.1, -0.05) is 0 Å². The fourth-order valence-corrected chi connectivity index (χ4v) is 3.59. The molecule has 2 rings (SSSR count). The zero-order valence-electron chi connectivity index (χ0n) is 13.9. The molecule has 1 amide bonds. The number of hydrogen-bond acceptors (Lipinski definition) is 3. The van der Waals surface area contributed by atoms with Crippen molar-refractivity contribution in [3.63, 3.8) is 0 Å². The molecule has 0 aromatic carbocycles. The number of carbonyl (C=O) groups is 2. The number of nitrogens with zero attached hydrogens (tertiary/aromatic N) is 1. The molecule has 1 saturated heterocycles. The molecule has 23 heavy (non-hydrogen) atoms. The van der Waals surface area contributed by atoms with Gasteiger partial charge in [0.05, 0.1) is 0 Å². The SMILES string of the molecule is CC(C)(C)OC(=O)N1CCC2(CCC(C(=O)O)C(F)(F)C2)CC1. The number of rotatable bonds is 1. The highest BCUT2D eigenvalue weighted by Gasteiger charge is 2.55. The molecule has 2 aliphatic rings. The van der Waals surface area contributed by atoms with Crippen molar-refractivity contribution in [2.45, 2.75) is 64.4 Å². The number of hydrogen-bond donors (Lipinski definition) is 1. The molecule has 1 saturated carbocycles. The number of amides is 1. The van der Waals surface area contributed by atoms with Gasteiger partial charge in [0.15, 0.2) is 0 Å². The quantitative estimate of drug-likeness (QED) is 0.797. The zero-order valence-corrected chi connectivity index (χ0v) is 13.9. The molecule has 7 heteroatoms. The Balaban J connectivity index is 1.96. The van der Waals surface area contributed by atoms with Gasteiger partial charge in [0, 0.05) is 19.5 Å². The van der Waals surface area contributed by atoms with Crippen molar-refractivity contribution < 1.29 is 28.2 Å². The van der Waals surface area contributed by atoms with Crippen LogP contribution in [-0.2, 0) is 9.53 Å². The van der Waals surface area contributed by atoms with E-state index in [2.05, 4.69) is 0 Å². The molecular weight excluding hydrogens is 308 g/mol. The molecule has 0 aromatic heterocycles. The summed E-state index contributed by atoms with van der Waals surface area (Å²) in [5, 5.41) is 8.93. The third kappa shape index (κ3) is 4.12. The highest BCUT2D eigenvalue weighted by Crippen LogP contribution is 2.52. The fourth-order valence-electron chi connectivity index (χ4n) is 3.59. The van der Waals surface area contributed by atoms with Gasteiger partial charge in [0.25, 0.3) is 5.92 Å². The molecule has 1 unspecified atom stereocenters. The maximum absolute atomic E-state index is 14.1. The number of alkyl halides is 2. The molecule has 1 spiro atoms. The largest absolute Gasteiger partial charge is 0.481 e. The van der Waals surface area contributed by atoms with Crippen LogP contribution in [-0.4, -0.2) is 46.7 Å². The second kappa shape index (κ2) is 5.91. The van der Waals surface area contributed by atoms with Crippen LogP contribution in [0.3, 0.4) is 0 Å². The summed E-state index contributed by atoms with van der Waals surface area (Å²) >= 11 is 0. The molecule has 0 aromatic rings. The van der Waals surface area contributed by atoms with Crippen molar-refractivity contribution in [3.05, 3.63) is 0 Å². The molecular formula is C16H25F2NO4. The molecule has 0 bridgehead atoms. The van der Waals surface area contributed by atoms with Crippen LogP contribution >= 0.6 is 0 Å². The minimum absolute atomic E-state index is 0.00519. The first-order chi connectivity index (χ1) is 10.4. The smallest absolute Gasteiger partial charge is 0.410 e. The Hall–Kier alpha value is -1.40. The summed E-state index contributed by atoms with van der Waals surface area (Å²) in [5.74, 6) is -6.19. The number of aliphatic carboxylic acids is 1. The van der Waals surface area contributed by atoms with Gasteiger partial charge in [0.1, 0.15) is 11.5 Å². The Morgan fingerprint density at radius 1 is 1.17 bits per heavy atom. The van der Waals surface area contributed by atoms with Gasteiger partial charge in [-0.3, -0.25) is 4.79 Å². The van der Waals surface area contributed by atoms with Crippen LogP contribution in [0.15, 0.2) is 0 Å². The number of carboxylic acid groups (broad SMARTS) is 1. The first-order valence-electron chi connectivity index (χ1n) is 8.03. The van der Waals surface area contributed by atoms with Crippen molar-refractivity contribution in [3.8, 4) is 0 Å². The van der Waals surface area contributed by atoms with Crippen molar-refractivity contribution in [2.24, 2.45) is 11.3 Å². The normalized spacial score (nSPS) is 26.8. The Kier molecular flexibility index (Phi) is 4.61. The first kappa shape index (κ1) is 17.9. The molecule has 0 radical (unpaired) electrons. The van der Waals surface area contributed by atoms with Crippen molar-refractivity contribution in [1.82, 2.24) is 4.90 Å². The standard InChI is InChI=1S/C16H25F2NO4/c1-14(2,3)23-13(22)19-8-6-15(7-9-19)5-4-11(12(20)21)16(17,18)10-15/h11H,4-10H2,1-3H3,(H,20,21). The second-order valence-electron chi connectivity index (χ2n) is 7.83. The Morgan fingerprint density at radius 2 is 1.74 bits per heavy atom. The third-order valence-corrected chi connectivity index (χ3v) is 4.86. The summed E-state index contributed by atoms with van der Waals surface area (Å²) in [5.41, 5.74) is -1.15. The average molecular weight is 333 g/mol. The van der Waals surface area contributed by atoms with Gasteiger partial charge in [-0.25, -0.2) is 13.6 Å². The van der Waals surface area contributed by atoms with Gasteiger partial charge >= 0.3 is 12.1 Å². The summed E-state index contributed by atoms with van der Waals surface area (Å²) < 4.78 is 33.6. The van der Waals surface area contributed by atoms with Crippen LogP contribution in [0.2, 0.25) is 0 Å². The van der Waals surface area contributed by atoms with Gasteiger partial charge in [-0.15, -0.1) is 0 Å². The predicted molar refractivity (Wildman–Crippen MR) is 79.4 cm³/mol. The minimum atomic E-state index is -3.18. The van der Waals surface area contributed by atoms with E-state index in [1.54, 1.807) is 25.7 Å². The van der Waals surface area contributed by atoms with E-state index in [0.29, 0.717) is 32.4 Å². The number of ether oxygens (including phenoxy) is 1. The molecule has 1 aliphatic carbocycles. The Bertz CT molecular complexity index is 479. The van der Waals surface area contributed by atoms with E-state index < -0.39 is 41.3 Å². The summed E-state index contributed by atoms with van der Waals surface area (Å²) in [7, 11) is 0. The van der Waals surface area contributed by atoms with E-state index in [1.807, 2.05) is 0 Å². The highest BCUT2D eigenvalue weighted by atomic mass is 19.3. The maximum Gasteiger partial charge on any atom is 0.410 e. The molecule has 1 aliphatic heterocycles. The Labute approximate surface area is 135 Å². The summed E-state index contributed by atoms with van der Waals surface area (Å²) in [4.78, 5) is 24.6. The Morgan fingerprint density at radius 3 is 2.17 bits per heavy atom. The van der Waals surface area contributed by atoms with Crippen LogP contribution in [0.1, 0.15) is 52.9 Å². The topological polar surface area (TPSA) is 66.8 Å². The van der Waals surface area contributed by atoms with E-state index in [1.165, 1.54) is 0 Å². The van der Waals surface area contributed by atoms with E-state index in [4.69, 9.17) is 9.84 Å². The number of piperidine rings is 1. The van der Waals surface area contributed by atoms with Crippen molar-refractivity contribution in [1.29, 1.82) is 0 Å². The van der Waals surface area contributed by atoms with Gasteiger partial charge < -0.3 is 14.7 Å². The van der Waals surface area contributed by atoms with Crippen LogP contribution in [0.25, 0.3) is 0 Å². The van der Waals surface area contributed by atoms with E-state index >= 15 is 0 Å². The van der Waals surface area contributed by atoms with Gasteiger partial charge in [-0.05, 0) is 51.9 Å². The monoisotopic (exact) mass is 333 g/mol. The zero-order chi connectivity index (χ0) is 17.5. The lowest BCUT2D eigenvalue weighted by Crippen LogP contribution is -2.51. The molecule has 1 heterocycles. The third-order valence-electron chi connectivity index (χ3n) is 4.86. The van der Waals surface area contributed by atoms with Crippen LogP contribution in [0, 0.1) is 11.3 Å². The van der Waals surface area contributed by atoms with E-state index in [0.717, 1.165) is 0 Å². The number of carbonyl (C=O) groups excluding carboxylic acids is 1. The lowest BCUT2D eigenvalue weighted by molar-refractivity contribution is -0.175. The second-order valence-corrected chi connectivity index (χ2v) is 7.83. The fraction of sp³-hybridized carbons (Fsp3) is 0.875. The van der Waals surface area contributed by atoms with Gasteiger partial charge in [-0.2, -0.15) is 0 Å². The number of carboxylic acids is 1. The molecule has 1 N–H and O–H groups in total. The highest BCUT2D eigenvalue weighted by molar-refractivity contribution is 5.71. The lowest BCUT2D eigenvalue weighted by atomic mass is 9.64. The van der Waals surface area contributed by atoms with Crippen molar-refractivity contribution in [2.75, 3.05) is 13.1 Å². The molecule has 5 nitrogen and oxygen atoms in total. The van der Waals surface area contributed by atoms with E-state index in [-0.39, 0.29) is 6.42 Å². The van der Waals surface area contributed by atoms with Crippen LogP contribution < -0.4 is 0 Å². The molecule has 1 atom stereocenters. The number of halogens is 2. The molecule has 132 valence electrons. The predicted octanol–water partition coefficient (Wildman–Crippen LogP) is 3.52. The lowest BCUT2D eigenvalue weighted by Gasteiger charge is -2.47. The van der Waals surface area contributed by atoms with Crippen LogP contribution in [0.5, 0.6) is 0 Å². The molecule has 2 fully saturated rings. The van der Waals surface area contributed by atoms with Gasteiger partial charge in [0.2, 0.25) is 0 Å². The number of likely N-dealkylation sites (tertiary alicyclic amines) is 1. The minimum Gasteiger partial charge on any atom is -0.481 e. The average Bonchev–Trinajstić information content (AvgIpc) is 2.35. The first-order valence-corrected chi connectivity index (χ1v) is 8.03. The maximum atomic E-state index is 14.1. The summed E-state index contributed by atoms with van der Waals surface area (Å²) in [6.45, 7) is 6.10. The summed E-state index contributed by atoms with van der Waals surface area (Å²) in [6, 6.07) is 0. The van der Waals surface area contributed by atoms with Crippen molar-refractivity contribution >= 4 is 12.1 Å². The van der Waals surface area contributed by atoms with E-state index in [9.17, 15) is 18.4 Å². The summed E-state index contributed by atoms with van der Waals surface area (Å²) in [6.07, 6.45) is 0.580. The van der Waals surface area contributed by atoms with Crippen LogP contribution in [0.4, 0.5) is 13.6 Å².